The lowest BCUT2D eigenvalue weighted by molar-refractivity contribution is -0.120. The van der Waals surface area contributed by atoms with Crippen molar-refractivity contribution in [2.45, 2.75) is 68.1 Å². The number of thioether (sulfide) groups is 1. The van der Waals surface area contributed by atoms with Gasteiger partial charge in [0, 0.05) is 0 Å². The van der Waals surface area contributed by atoms with Crippen LogP contribution in [0.4, 0.5) is 0 Å². The van der Waals surface area contributed by atoms with Gasteiger partial charge in [0.1, 0.15) is 13.2 Å². The Morgan fingerprint density at radius 2 is 1.90 bits per heavy atom. The predicted molar refractivity (Wildman–Crippen MR) is 112 cm³/mol. The molecule has 2 heterocycles. The average Bonchev–Trinajstić information content (AvgIpc) is 3.53. The Balaban J connectivity index is 1.27. The van der Waals surface area contributed by atoms with Crippen molar-refractivity contribution in [2.24, 2.45) is 0 Å². The summed E-state index contributed by atoms with van der Waals surface area (Å²) in [6, 6.07) is 6.42. The number of rotatable bonds is 6. The van der Waals surface area contributed by atoms with Crippen LogP contribution in [0.25, 0.3) is 0 Å². The van der Waals surface area contributed by atoms with Crippen molar-refractivity contribution in [3.8, 4) is 11.5 Å². The number of benzene rings is 1. The van der Waals surface area contributed by atoms with Gasteiger partial charge >= 0.3 is 0 Å². The summed E-state index contributed by atoms with van der Waals surface area (Å²) in [5, 5.41) is 16.2. The molecule has 8 nitrogen and oxygen atoms in total. The Bertz CT molecular complexity index is 906. The molecule has 0 unspecified atom stereocenters. The molecular weight excluding hydrogens is 402 g/mol. The number of fused-ring (bicyclic) bond motifs is 1. The van der Waals surface area contributed by atoms with E-state index in [0.717, 1.165) is 60.7 Å². The molecule has 2 fully saturated rings. The molecule has 1 amide bonds. The molecule has 2 aliphatic carbocycles. The van der Waals surface area contributed by atoms with E-state index in [1.54, 1.807) is 0 Å². The normalized spacial score (nSPS) is 20.4. The summed E-state index contributed by atoms with van der Waals surface area (Å²) in [6.45, 7) is 1.13. The van der Waals surface area contributed by atoms with Gasteiger partial charge in [-0.25, -0.2) is 4.68 Å². The van der Waals surface area contributed by atoms with Crippen molar-refractivity contribution in [1.82, 2.24) is 25.5 Å². The van der Waals surface area contributed by atoms with Gasteiger partial charge in [-0.3, -0.25) is 4.79 Å². The molecule has 0 radical (unpaired) electrons. The standard InChI is InChI=1S/C21H27N5O3S/c27-19(14-30-20-23-24-25-26(20)16-5-1-2-6-16)22-21(9-3-4-10-21)15-7-8-17-18(13-15)29-12-11-28-17/h7-8,13,16H,1-6,9-12,14H2,(H,22,27). The highest BCUT2D eigenvalue weighted by Gasteiger charge is 2.38. The third kappa shape index (κ3) is 3.87. The monoisotopic (exact) mass is 429 g/mol. The van der Waals surface area contributed by atoms with Gasteiger partial charge in [-0.2, -0.15) is 0 Å². The van der Waals surface area contributed by atoms with Gasteiger partial charge in [0.15, 0.2) is 11.5 Å². The van der Waals surface area contributed by atoms with Gasteiger partial charge in [0.05, 0.1) is 17.3 Å². The number of carbonyl (C=O) groups is 1. The fourth-order valence-electron chi connectivity index (χ4n) is 4.90. The van der Waals surface area contributed by atoms with Crippen LogP contribution >= 0.6 is 11.8 Å². The first-order chi connectivity index (χ1) is 14.7. The van der Waals surface area contributed by atoms with Crippen molar-refractivity contribution in [2.75, 3.05) is 19.0 Å². The smallest absolute Gasteiger partial charge is 0.231 e. The third-order valence-electron chi connectivity index (χ3n) is 6.40. The number of ether oxygens (including phenoxy) is 2. The topological polar surface area (TPSA) is 91.2 Å². The van der Waals surface area contributed by atoms with Crippen LogP contribution in [-0.2, 0) is 10.3 Å². The fraction of sp³-hybridized carbons (Fsp3) is 0.619. The molecule has 0 bridgehead atoms. The maximum absolute atomic E-state index is 12.9. The molecule has 2 saturated carbocycles. The maximum atomic E-state index is 12.9. The van der Waals surface area contributed by atoms with Crippen molar-refractivity contribution >= 4 is 17.7 Å². The summed E-state index contributed by atoms with van der Waals surface area (Å²) in [5.74, 6) is 1.86. The van der Waals surface area contributed by atoms with Crippen LogP contribution in [0, 0.1) is 0 Å². The van der Waals surface area contributed by atoms with Gasteiger partial charge in [-0.15, -0.1) is 5.10 Å². The molecule has 9 heteroatoms. The quantitative estimate of drug-likeness (QED) is 0.705. The Morgan fingerprint density at radius 3 is 2.70 bits per heavy atom. The number of carbonyl (C=O) groups excluding carboxylic acids is 1. The highest BCUT2D eigenvalue weighted by molar-refractivity contribution is 7.99. The first-order valence-electron chi connectivity index (χ1n) is 10.9. The van der Waals surface area contributed by atoms with E-state index >= 15 is 0 Å². The van der Waals surface area contributed by atoms with E-state index < -0.39 is 0 Å². The van der Waals surface area contributed by atoms with Crippen LogP contribution < -0.4 is 14.8 Å². The molecule has 1 aromatic heterocycles. The minimum absolute atomic E-state index is 0.0118. The summed E-state index contributed by atoms with van der Waals surface area (Å²) >= 11 is 1.42. The highest BCUT2D eigenvalue weighted by Crippen LogP contribution is 2.42. The van der Waals surface area contributed by atoms with Crippen LogP contribution in [0.3, 0.4) is 0 Å². The van der Waals surface area contributed by atoms with E-state index in [1.165, 1.54) is 24.6 Å². The Labute approximate surface area is 180 Å². The summed E-state index contributed by atoms with van der Waals surface area (Å²) in [4.78, 5) is 12.9. The fourth-order valence-corrected chi connectivity index (χ4v) is 5.64. The molecule has 0 saturated heterocycles. The number of hydrogen-bond donors (Lipinski definition) is 1. The zero-order valence-electron chi connectivity index (χ0n) is 17.0. The lowest BCUT2D eigenvalue weighted by Crippen LogP contribution is -2.44. The molecule has 160 valence electrons. The molecule has 0 atom stereocenters. The summed E-state index contributed by atoms with van der Waals surface area (Å²) in [6.07, 6.45) is 8.71. The minimum atomic E-state index is -0.342. The average molecular weight is 430 g/mol. The second kappa shape index (κ2) is 8.45. The maximum Gasteiger partial charge on any atom is 0.231 e. The number of nitrogens with one attached hydrogen (secondary N) is 1. The summed E-state index contributed by atoms with van der Waals surface area (Å²) in [5.41, 5.74) is 0.753. The van der Waals surface area contributed by atoms with Crippen molar-refractivity contribution in [3.05, 3.63) is 23.8 Å². The zero-order chi connectivity index (χ0) is 20.4. The van der Waals surface area contributed by atoms with E-state index in [0.29, 0.717) is 25.0 Å². The molecule has 5 rings (SSSR count). The predicted octanol–water partition coefficient (Wildman–Crippen LogP) is 3.24. The molecular formula is C21H27N5O3S. The van der Waals surface area contributed by atoms with Gasteiger partial charge in [0.2, 0.25) is 11.1 Å². The first kappa shape index (κ1) is 19.7. The van der Waals surface area contributed by atoms with Gasteiger partial charge in [-0.05, 0) is 53.8 Å². The summed E-state index contributed by atoms with van der Waals surface area (Å²) in [7, 11) is 0. The third-order valence-corrected chi connectivity index (χ3v) is 7.33. The lowest BCUT2D eigenvalue weighted by atomic mass is 9.87. The Morgan fingerprint density at radius 1 is 1.13 bits per heavy atom. The van der Waals surface area contributed by atoms with Crippen LogP contribution in [0.2, 0.25) is 0 Å². The minimum Gasteiger partial charge on any atom is -0.486 e. The molecule has 1 aliphatic heterocycles. The number of hydrogen-bond acceptors (Lipinski definition) is 7. The van der Waals surface area contributed by atoms with E-state index in [4.69, 9.17) is 9.47 Å². The first-order valence-corrected chi connectivity index (χ1v) is 11.8. The second-order valence-electron chi connectivity index (χ2n) is 8.33. The van der Waals surface area contributed by atoms with Gasteiger partial charge in [-0.1, -0.05) is 43.5 Å². The van der Waals surface area contributed by atoms with Crippen LogP contribution in [-0.4, -0.2) is 45.1 Å². The lowest BCUT2D eigenvalue weighted by Gasteiger charge is -2.32. The van der Waals surface area contributed by atoms with Crippen molar-refractivity contribution in [3.63, 3.8) is 0 Å². The Kier molecular flexibility index (Phi) is 5.54. The van der Waals surface area contributed by atoms with Gasteiger partial charge < -0.3 is 14.8 Å². The zero-order valence-corrected chi connectivity index (χ0v) is 17.8. The highest BCUT2D eigenvalue weighted by atomic mass is 32.2. The van der Waals surface area contributed by atoms with E-state index in [1.807, 2.05) is 16.8 Å². The molecule has 1 aromatic carbocycles. The van der Waals surface area contributed by atoms with Crippen LogP contribution in [0.1, 0.15) is 63.0 Å². The summed E-state index contributed by atoms with van der Waals surface area (Å²) < 4.78 is 13.3. The van der Waals surface area contributed by atoms with Crippen LogP contribution in [0.15, 0.2) is 23.4 Å². The van der Waals surface area contributed by atoms with Gasteiger partial charge in [0.25, 0.3) is 0 Å². The number of nitrogens with zero attached hydrogens (tertiary/aromatic N) is 4. The molecule has 3 aliphatic rings. The molecule has 30 heavy (non-hydrogen) atoms. The van der Waals surface area contributed by atoms with E-state index in [-0.39, 0.29) is 11.4 Å². The second-order valence-corrected chi connectivity index (χ2v) is 9.27. The van der Waals surface area contributed by atoms with E-state index in [2.05, 4.69) is 26.9 Å². The van der Waals surface area contributed by atoms with Crippen LogP contribution in [0.5, 0.6) is 11.5 Å². The number of aromatic nitrogens is 4. The molecule has 2 aromatic rings. The van der Waals surface area contributed by atoms with Crippen molar-refractivity contribution < 1.29 is 14.3 Å². The molecule has 1 N–H and O–H groups in total. The van der Waals surface area contributed by atoms with E-state index in [9.17, 15) is 4.79 Å². The Hall–Kier alpha value is -2.29. The number of amides is 1. The number of tetrazole rings is 1. The molecule has 0 spiro atoms. The largest absolute Gasteiger partial charge is 0.486 e. The van der Waals surface area contributed by atoms with Crippen molar-refractivity contribution in [1.29, 1.82) is 0 Å². The SMILES string of the molecule is O=C(CSc1nnnn1C1CCCC1)NC1(c2ccc3c(c2)OCCO3)CCCC1.